The highest BCUT2D eigenvalue weighted by molar-refractivity contribution is 8.14. The third kappa shape index (κ3) is 7.28. The quantitative estimate of drug-likeness (QED) is 0.217. The van der Waals surface area contributed by atoms with E-state index in [-0.39, 0.29) is 11.8 Å². The number of nitrogens with one attached hydrogen (secondary N) is 1. The first-order valence-corrected chi connectivity index (χ1v) is 16.1. The lowest BCUT2D eigenvalue weighted by molar-refractivity contribution is -0.274. The zero-order chi connectivity index (χ0) is 32.3. The first-order chi connectivity index (χ1) is 22.1. The predicted molar refractivity (Wildman–Crippen MR) is 175 cm³/mol. The van der Waals surface area contributed by atoms with Crippen LogP contribution in [0.25, 0.3) is 22.6 Å². The van der Waals surface area contributed by atoms with Crippen LogP contribution in [0, 0.1) is 0 Å². The minimum absolute atomic E-state index is 0.307. The highest BCUT2D eigenvalue weighted by Crippen LogP contribution is 2.35. The van der Waals surface area contributed by atoms with Gasteiger partial charge < -0.3 is 15.0 Å². The third-order valence-electron chi connectivity index (χ3n) is 7.83. The van der Waals surface area contributed by atoms with Gasteiger partial charge in [-0.05, 0) is 78.6 Å². The zero-order valence-electron chi connectivity index (χ0n) is 25.4. The Labute approximate surface area is 269 Å². The highest BCUT2D eigenvalue weighted by atomic mass is 32.2. The molecule has 0 radical (unpaired) electrons. The number of amides is 2. The van der Waals surface area contributed by atoms with Gasteiger partial charge in [0, 0.05) is 29.2 Å². The van der Waals surface area contributed by atoms with Crippen LogP contribution in [0.1, 0.15) is 56.6 Å². The summed E-state index contributed by atoms with van der Waals surface area (Å²) in [5, 5.41) is 8.29. The summed E-state index contributed by atoms with van der Waals surface area (Å²) >= 11 is 1.61. The Morgan fingerprint density at radius 1 is 0.978 bits per heavy atom. The van der Waals surface area contributed by atoms with Crippen LogP contribution in [0.4, 0.5) is 23.7 Å². The van der Waals surface area contributed by atoms with E-state index in [1.165, 1.54) is 40.8 Å². The van der Waals surface area contributed by atoms with Gasteiger partial charge in [0.15, 0.2) is 11.0 Å². The fourth-order valence-electron chi connectivity index (χ4n) is 5.68. The normalized spacial score (nSPS) is 16.4. The van der Waals surface area contributed by atoms with Crippen LogP contribution in [0.2, 0.25) is 0 Å². The van der Waals surface area contributed by atoms with Gasteiger partial charge in [-0.3, -0.25) is 0 Å². The second-order valence-electron chi connectivity index (χ2n) is 11.3. The van der Waals surface area contributed by atoms with Gasteiger partial charge in [0.05, 0.1) is 5.69 Å². The van der Waals surface area contributed by atoms with Gasteiger partial charge in [0.2, 0.25) is 0 Å². The molecule has 46 heavy (non-hydrogen) atoms. The number of carbonyl (C=O) groups excluding carboxylic acids is 1. The monoisotopic (exact) mass is 646 g/mol. The number of carbonyl (C=O) groups is 1. The fraction of sp³-hybridized carbons (Fsp3) is 0.294. The molecule has 1 N–H and O–H groups in total. The molecule has 0 saturated carbocycles. The van der Waals surface area contributed by atoms with Crippen LogP contribution in [0.3, 0.4) is 0 Å². The molecule has 2 aliphatic rings. The molecule has 238 valence electrons. The number of hydrogen-bond acceptors (Lipinski definition) is 5. The maximum atomic E-state index is 13.2. The van der Waals surface area contributed by atoms with E-state index in [0.29, 0.717) is 17.4 Å². The van der Waals surface area contributed by atoms with E-state index in [1.54, 1.807) is 11.8 Å². The van der Waals surface area contributed by atoms with Crippen LogP contribution >= 0.6 is 11.8 Å². The highest BCUT2D eigenvalue weighted by Gasteiger charge is 2.31. The number of para-hydroxylation sites is 1. The lowest BCUT2D eigenvalue weighted by Gasteiger charge is -2.31. The first-order valence-electron chi connectivity index (χ1n) is 15.1. The van der Waals surface area contributed by atoms with E-state index >= 15 is 0 Å². The number of anilines is 1. The molecule has 8 nitrogen and oxygen atoms in total. The number of nitrogens with zero attached hydrogens (tertiary/aromatic N) is 5. The third-order valence-corrected chi connectivity index (χ3v) is 8.89. The Morgan fingerprint density at radius 2 is 1.72 bits per heavy atom. The number of amidine groups is 1. The van der Waals surface area contributed by atoms with Crippen LogP contribution in [0.5, 0.6) is 5.75 Å². The molecule has 3 aromatic carbocycles. The predicted octanol–water partition coefficient (Wildman–Crippen LogP) is 8.56. The van der Waals surface area contributed by atoms with Gasteiger partial charge in [-0.25, -0.2) is 14.5 Å². The summed E-state index contributed by atoms with van der Waals surface area (Å²) in [4.78, 5) is 24.3. The summed E-state index contributed by atoms with van der Waals surface area (Å²) in [5.41, 5.74) is 6.64. The van der Waals surface area contributed by atoms with Crippen molar-refractivity contribution in [2.24, 2.45) is 4.99 Å². The van der Waals surface area contributed by atoms with E-state index in [4.69, 9.17) is 0 Å². The van der Waals surface area contributed by atoms with E-state index < -0.39 is 6.36 Å². The molecule has 6 rings (SSSR count). The molecule has 1 aromatic heterocycles. The maximum Gasteiger partial charge on any atom is 0.573 e. The minimum atomic E-state index is -4.75. The summed E-state index contributed by atoms with van der Waals surface area (Å²) in [6, 6.07) is 21.2. The molecule has 0 bridgehead atoms. The Balaban J connectivity index is 1.16. The van der Waals surface area contributed by atoms with Gasteiger partial charge in [0.25, 0.3) is 0 Å². The summed E-state index contributed by atoms with van der Waals surface area (Å²) < 4.78 is 42.8. The van der Waals surface area contributed by atoms with Gasteiger partial charge in [-0.2, -0.15) is 4.99 Å². The second-order valence-corrected chi connectivity index (χ2v) is 12.4. The zero-order valence-corrected chi connectivity index (χ0v) is 26.2. The summed E-state index contributed by atoms with van der Waals surface area (Å²) in [6.07, 6.45) is 0.316. The SMILES string of the molecule is CC(C)c1ccccc1N1CCCS/C1=N\C(=O)NC1=C(c2ccc(-c3ncn(-c4ccc(OC(F)(F)F)cc4)n3)cc2)CCC1. The molecule has 1 saturated heterocycles. The molecule has 12 heteroatoms. The standard InChI is InChI=1S/C34H33F3N6O2S/c1-22(2)27-7-3-4-10-30(27)42-19-6-20-46-33(42)40-32(44)39-29-9-5-8-28(29)23-11-13-24(14-12-23)31-38-21-43(41-31)25-15-17-26(18-16-25)45-34(35,36)37/h3-4,7,10-18,21-22H,5-6,8-9,19-20H2,1-2H3,(H,39,44)/b40-33-. The van der Waals surface area contributed by atoms with Crippen LogP contribution < -0.4 is 15.0 Å². The van der Waals surface area contributed by atoms with Crippen molar-refractivity contribution < 1.29 is 22.7 Å². The molecule has 1 aliphatic carbocycles. The smallest absolute Gasteiger partial charge is 0.406 e. The molecule has 0 atom stereocenters. The van der Waals surface area contributed by atoms with Crippen LogP contribution in [-0.2, 0) is 0 Å². The molecule has 2 amide bonds. The average Bonchev–Trinajstić information content (AvgIpc) is 3.71. The van der Waals surface area contributed by atoms with Crippen LogP contribution in [0.15, 0.2) is 89.8 Å². The fourth-order valence-corrected chi connectivity index (χ4v) is 6.63. The maximum absolute atomic E-state index is 13.2. The van der Waals surface area contributed by atoms with Gasteiger partial charge >= 0.3 is 12.4 Å². The van der Waals surface area contributed by atoms with Crippen molar-refractivity contribution in [2.45, 2.75) is 51.8 Å². The molecule has 0 spiro atoms. The van der Waals surface area contributed by atoms with Crippen LogP contribution in [-0.4, -0.2) is 44.6 Å². The van der Waals surface area contributed by atoms with E-state index in [1.807, 2.05) is 36.4 Å². The lowest BCUT2D eigenvalue weighted by atomic mass is 10.0. The molecular weight excluding hydrogens is 613 g/mol. The van der Waals surface area contributed by atoms with E-state index in [0.717, 1.165) is 71.2 Å². The average molecular weight is 647 g/mol. The van der Waals surface area contributed by atoms with Crippen molar-refractivity contribution in [2.75, 3.05) is 17.2 Å². The largest absolute Gasteiger partial charge is 0.573 e. The number of aromatic nitrogens is 3. The summed E-state index contributed by atoms with van der Waals surface area (Å²) in [6.45, 7) is 5.16. The topological polar surface area (TPSA) is 84.6 Å². The number of thioether (sulfide) groups is 1. The molecule has 2 heterocycles. The van der Waals surface area contributed by atoms with Crippen molar-refractivity contribution >= 4 is 34.2 Å². The molecule has 0 unspecified atom stereocenters. The Bertz CT molecular complexity index is 1760. The van der Waals surface area contributed by atoms with Gasteiger partial charge in [-0.15, -0.1) is 18.3 Å². The Hall–Kier alpha value is -4.58. The number of ether oxygens (including phenoxy) is 1. The number of alkyl halides is 3. The first kappa shape index (κ1) is 31.4. The van der Waals surface area contributed by atoms with E-state index in [9.17, 15) is 18.0 Å². The summed E-state index contributed by atoms with van der Waals surface area (Å²) in [7, 11) is 0. The summed E-state index contributed by atoms with van der Waals surface area (Å²) in [5.74, 6) is 1.44. The van der Waals surface area contributed by atoms with Crippen molar-refractivity contribution in [3.63, 3.8) is 0 Å². The molecule has 1 fully saturated rings. The second kappa shape index (κ2) is 13.4. The lowest BCUT2D eigenvalue weighted by Crippen LogP contribution is -2.36. The van der Waals surface area contributed by atoms with Crippen molar-refractivity contribution in [1.82, 2.24) is 20.1 Å². The van der Waals surface area contributed by atoms with E-state index in [2.05, 4.69) is 56.0 Å². The number of benzene rings is 3. The van der Waals surface area contributed by atoms with Gasteiger partial charge in [0.1, 0.15) is 12.1 Å². The Morgan fingerprint density at radius 3 is 2.46 bits per heavy atom. The molecule has 4 aromatic rings. The van der Waals surface area contributed by atoms with Gasteiger partial charge in [-0.1, -0.05) is 68.1 Å². The van der Waals surface area contributed by atoms with Crippen molar-refractivity contribution in [3.8, 4) is 22.8 Å². The number of rotatable bonds is 7. The molecule has 1 aliphatic heterocycles. The number of halogens is 3. The Kier molecular flexibility index (Phi) is 9.16. The number of hydrogen-bond donors (Lipinski definition) is 1. The number of urea groups is 1. The van der Waals surface area contributed by atoms with Crippen molar-refractivity contribution in [1.29, 1.82) is 0 Å². The minimum Gasteiger partial charge on any atom is -0.406 e. The number of allylic oxidation sites excluding steroid dienone is 2. The number of aliphatic imine (C=N–C) groups is 1. The molecular formula is C34H33F3N6O2S. The van der Waals surface area contributed by atoms with Crippen molar-refractivity contribution in [3.05, 3.63) is 95.9 Å².